The molecule has 34 heavy (non-hydrogen) atoms. The molecule has 0 aromatic carbocycles. The summed E-state index contributed by atoms with van der Waals surface area (Å²) in [5, 5.41) is 11.6. The van der Waals surface area contributed by atoms with E-state index in [1.165, 1.54) is 12.2 Å². The molecule has 4 aliphatic carbocycles. The number of Topliss-reactive ketones (excluding diaryl/α,β-unsaturated/α-hetero) is 1. The van der Waals surface area contributed by atoms with Crippen LogP contribution in [0.15, 0.2) is 23.8 Å². The monoisotopic (exact) mass is 538 g/mol. The van der Waals surface area contributed by atoms with Crippen molar-refractivity contribution < 1.29 is 28.6 Å². The first-order chi connectivity index (χ1) is 15.9. The first kappa shape index (κ1) is 25.7. The molecule has 4 rings (SSSR count). The molecule has 9 unspecified atom stereocenters. The van der Waals surface area contributed by atoms with Gasteiger partial charge in [-0.15, -0.1) is 0 Å². The maximum Gasteiger partial charge on any atom is 0.306 e. The maximum absolute atomic E-state index is 15.6. The predicted molar refractivity (Wildman–Crippen MR) is 130 cm³/mol. The average molecular weight is 539 g/mol. The molecule has 3 fully saturated rings. The fourth-order valence-corrected chi connectivity index (χ4v) is 8.92. The van der Waals surface area contributed by atoms with Crippen LogP contribution in [0.25, 0.3) is 0 Å². The number of alkyl halides is 2. The van der Waals surface area contributed by atoms with Crippen LogP contribution in [0.5, 0.6) is 0 Å². The number of carbonyl (C=O) groups is 3. The Labute approximate surface area is 209 Å². The van der Waals surface area contributed by atoms with E-state index in [1.807, 2.05) is 27.7 Å². The van der Waals surface area contributed by atoms with Gasteiger partial charge in [-0.25, -0.2) is 4.39 Å². The minimum atomic E-state index is -1.28. The van der Waals surface area contributed by atoms with Crippen molar-refractivity contribution in [3.05, 3.63) is 23.8 Å². The van der Waals surface area contributed by atoms with E-state index in [2.05, 4.69) is 15.9 Å². The Morgan fingerprint density at radius 3 is 2.65 bits per heavy atom. The largest absolute Gasteiger partial charge is 0.458 e. The van der Waals surface area contributed by atoms with Crippen LogP contribution in [-0.4, -0.2) is 45.8 Å². The van der Waals surface area contributed by atoms with Gasteiger partial charge in [0.1, 0.15) is 12.8 Å². The summed E-state index contributed by atoms with van der Waals surface area (Å²) >= 11 is 3.92. The van der Waals surface area contributed by atoms with Crippen LogP contribution < -0.4 is 0 Å². The standard InChI is InChI=1S/C27H36BrFO5/c1-5-6-7-23(33)34-14-21(31)24-15(2)10-17-18-12-20(29)19-11-16(30)8-9-26(19,4)27(18,28)22(32)13-25(17,24)3/h8-9,11,15,17-18,20,22,24,32H,5-7,10,12-14H2,1-4H3. The molecule has 4 aliphatic rings. The third kappa shape index (κ3) is 3.68. The van der Waals surface area contributed by atoms with Gasteiger partial charge in [-0.3, -0.25) is 14.4 Å². The van der Waals surface area contributed by atoms with Crippen molar-refractivity contribution in [2.45, 2.75) is 82.8 Å². The fourth-order valence-electron chi connectivity index (χ4n) is 7.89. The minimum absolute atomic E-state index is 0.0117. The second kappa shape index (κ2) is 8.95. The Kier molecular flexibility index (Phi) is 6.78. The number of halogens is 2. The number of hydrogen-bond acceptors (Lipinski definition) is 5. The summed E-state index contributed by atoms with van der Waals surface area (Å²) in [7, 11) is 0. The van der Waals surface area contributed by atoms with Gasteiger partial charge in [0.2, 0.25) is 0 Å². The van der Waals surface area contributed by atoms with Crippen molar-refractivity contribution in [2.75, 3.05) is 6.61 Å². The zero-order valence-corrected chi connectivity index (χ0v) is 22.1. The van der Waals surface area contributed by atoms with Crippen molar-refractivity contribution >= 4 is 33.5 Å². The molecule has 7 heteroatoms. The average Bonchev–Trinajstić information content (AvgIpc) is 3.03. The topological polar surface area (TPSA) is 80.7 Å². The summed E-state index contributed by atoms with van der Waals surface area (Å²) in [6.45, 7) is 7.72. The maximum atomic E-state index is 15.6. The lowest BCUT2D eigenvalue weighted by Crippen LogP contribution is -2.67. The second-order valence-electron chi connectivity index (χ2n) is 11.4. The highest BCUT2D eigenvalue weighted by Gasteiger charge is 2.71. The van der Waals surface area contributed by atoms with Gasteiger partial charge >= 0.3 is 5.97 Å². The lowest BCUT2D eigenvalue weighted by Gasteiger charge is -2.64. The number of aliphatic hydroxyl groups is 1. The molecule has 0 spiro atoms. The number of fused-ring (bicyclic) bond motifs is 5. The first-order valence-corrected chi connectivity index (χ1v) is 13.3. The van der Waals surface area contributed by atoms with Gasteiger partial charge in [0.25, 0.3) is 0 Å². The highest BCUT2D eigenvalue weighted by Crippen LogP contribution is 2.71. The number of unbranched alkanes of at least 4 members (excludes halogenated alkanes) is 1. The summed E-state index contributed by atoms with van der Waals surface area (Å²) in [6, 6.07) is 0. The molecule has 188 valence electrons. The summed E-state index contributed by atoms with van der Waals surface area (Å²) < 4.78 is 20.0. The number of aliphatic hydroxyl groups excluding tert-OH is 1. The number of esters is 1. The molecule has 0 radical (unpaired) electrons. The quantitative estimate of drug-likeness (QED) is 0.384. The third-order valence-electron chi connectivity index (χ3n) is 9.43. The van der Waals surface area contributed by atoms with Crippen LogP contribution in [0.4, 0.5) is 4.39 Å². The smallest absolute Gasteiger partial charge is 0.306 e. The highest BCUT2D eigenvalue weighted by molar-refractivity contribution is 9.10. The number of hydrogen-bond donors (Lipinski definition) is 1. The van der Waals surface area contributed by atoms with Gasteiger partial charge in [0.15, 0.2) is 11.6 Å². The van der Waals surface area contributed by atoms with E-state index in [0.29, 0.717) is 18.4 Å². The fraction of sp³-hybridized carbons (Fsp3) is 0.741. The number of ketones is 2. The van der Waals surface area contributed by atoms with Gasteiger partial charge in [-0.2, -0.15) is 0 Å². The van der Waals surface area contributed by atoms with Crippen LogP contribution in [0.1, 0.15) is 66.2 Å². The SMILES string of the molecule is CCCCC(=O)OCC(=O)C1C(C)CC2C3CC(F)C4=CC(=O)C=CC4(C)C3(Br)C(O)CC21C. The van der Waals surface area contributed by atoms with Crippen molar-refractivity contribution in [2.24, 2.45) is 34.5 Å². The minimum Gasteiger partial charge on any atom is -0.458 e. The van der Waals surface area contributed by atoms with Crippen LogP contribution in [0.3, 0.4) is 0 Å². The van der Waals surface area contributed by atoms with Gasteiger partial charge in [0, 0.05) is 17.8 Å². The lowest BCUT2D eigenvalue weighted by molar-refractivity contribution is -0.153. The van der Waals surface area contributed by atoms with Gasteiger partial charge in [-0.05, 0) is 66.6 Å². The molecule has 0 amide bonds. The summed E-state index contributed by atoms with van der Waals surface area (Å²) in [4.78, 5) is 37.3. The number of ether oxygens (including phenoxy) is 1. The van der Waals surface area contributed by atoms with Crippen LogP contribution >= 0.6 is 15.9 Å². The van der Waals surface area contributed by atoms with Crippen LogP contribution in [0.2, 0.25) is 0 Å². The zero-order chi connectivity index (χ0) is 25.1. The molecule has 0 bridgehead atoms. The van der Waals surface area contributed by atoms with Crippen LogP contribution in [0, 0.1) is 34.5 Å². The molecule has 0 saturated heterocycles. The third-order valence-corrected chi connectivity index (χ3v) is 11.4. The predicted octanol–water partition coefficient (Wildman–Crippen LogP) is 4.90. The Bertz CT molecular complexity index is 945. The molecule has 0 heterocycles. The lowest BCUT2D eigenvalue weighted by atomic mass is 9.46. The van der Waals surface area contributed by atoms with E-state index in [4.69, 9.17) is 4.74 Å². The van der Waals surface area contributed by atoms with Gasteiger partial charge in [0.05, 0.1) is 10.4 Å². The first-order valence-electron chi connectivity index (χ1n) is 12.5. The van der Waals surface area contributed by atoms with Crippen molar-refractivity contribution in [3.63, 3.8) is 0 Å². The number of rotatable bonds is 6. The van der Waals surface area contributed by atoms with Crippen molar-refractivity contribution in [1.29, 1.82) is 0 Å². The zero-order valence-electron chi connectivity index (χ0n) is 20.5. The molecule has 0 aromatic rings. The molecule has 0 aliphatic heterocycles. The molecule has 5 nitrogen and oxygen atoms in total. The summed E-state index contributed by atoms with van der Waals surface area (Å²) in [5.41, 5.74) is -0.947. The summed E-state index contributed by atoms with van der Waals surface area (Å²) in [6.07, 6.45) is 5.72. The van der Waals surface area contributed by atoms with E-state index >= 15 is 4.39 Å². The number of carbonyl (C=O) groups excluding carboxylic acids is 3. The molecule has 3 saturated carbocycles. The Balaban J connectivity index is 1.63. The van der Waals surface area contributed by atoms with E-state index in [9.17, 15) is 19.5 Å². The van der Waals surface area contributed by atoms with Crippen molar-refractivity contribution in [1.82, 2.24) is 0 Å². The molecule has 9 atom stereocenters. The van der Waals surface area contributed by atoms with Crippen LogP contribution in [-0.2, 0) is 19.1 Å². The second-order valence-corrected chi connectivity index (χ2v) is 12.7. The Morgan fingerprint density at radius 1 is 1.26 bits per heavy atom. The van der Waals surface area contributed by atoms with Crippen molar-refractivity contribution in [3.8, 4) is 0 Å². The summed E-state index contributed by atoms with van der Waals surface area (Å²) in [5.74, 6) is -1.24. The normalized spacial score (nSPS) is 45.1. The molecule has 0 aromatic heterocycles. The Hall–Kier alpha value is -1.34. The van der Waals surface area contributed by atoms with E-state index in [0.717, 1.165) is 19.3 Å². The molecular weight excluding hydrogens is 503 g/mol. The van der Waals surface area contributed by atoms with Gasteiger partial charge in [-0.1, -0.05) is 56.1 Å². The molecule has 1 N–H and O–H groups in total. The highest BCUT2D eigenvalue weighted by atomic mass is 79.9. The van der Waals surface area contributed by atoms with E-state index in [-0.39, 0.29) is 54.2 Å². The van der Waals surface area contributed by atoms with Gasteiger partial charge < -0.3 is 9.84 Å². The Morgan fingerprint density at radius 2 is 1.97 bits per heavy atom. The number of allylic oxidation sites excluding steroid dienone is 4. The van der Waals surface area contributed by atoms with E-state index in [1.54, 1.807) is 6.08 Å². The van der Waals surface area contributed by atoms with E-state index < -0.39 is 27.4 Å². The molecular formula is C27H36BrFO5.